The molecule has 1 aliphatic rings. The zero-order valence-electron chi connectivity index (χ0n) is 11.0. The van der Waals surface area contributed by atoms with Crippen molar-refractivity contribution in [3.8, 4) is 0 Å². The van der Waals surface area contributed by atoms with Gasteiger partial charge in [-0.3, -0.25) is 0 Å². The molecule has 2 aromatic carbocycles. The van der Waals surface area contributed by atoms with E-state index in [0.717, 1.165) is 5.57 Å². The summed E-state index contributed by atoms with van der Waals surface area (Å²) in [6.45, 7) is 4.30. The molecule has 0 amide bonds. The van der Waals surface area contributed by atoms with E-state index >= 15 is 0 Å². The van der Waals surface area contributed by atoms with E-state index in [2.05, 4.69) is 66.7 Å². The lowest BCUT2D eigenvalue weighted by Gasteiger charge is -2.17. The quantitative estimate of drug-likeness (QED) is 0.540. The van der Waals surface area contributed by atoms with E-state index in [-0.39, 0.29) is 0 Å². The zero-order valence-corrected chi connectivity index (χ0v) is 12.6. The standard InChI is InChI=1S/C16H15NS2/c1-11-13-6-4-5-7-15(13)17(2)19-16-10-12(18-3)8-9-14(11)16/h4-10H,1H2,2-3H3. The first-order valence-electron chi connectivity index (χ1n) is 6.09. The van der Waals surface area contributed by atoms with Gasteiger partial charge in [0.05, 0.1) is 5.69 Å². The van der Waals surface area contributed by atoms with Crippen LogP contribution in [0.3, 0.4) is 0 Å². The fourth-order valence-corrected chi connectivity index (χ4v) is 3.84. The molecular weight excluding hydrogens is 270 g/mol. The molecule has 0 radical (unpaired) electrons. The second-order valence-corrected chi connectivity index (χ2v) is 6.50. The number of benzene rings is 2. The van der Waals surface area contributed by atoms with Gasteiger partial charge in [-0.15, -0.1) is 11.8 Å². The molecule has 3 heteroatoms. The summed E-state index contributed by atoms with van der Waals surface area (Å²) in [5, 5.41) is 0. The second-order valence-electron chi connectivity index (χ2n) is 4.45. The average Bonchev–Trinajstić information content (AvgIpc) is 2.55. The van der Waals surface area contributed by atoms with Crippen molar-refractivity contribution in [2.24, 2.45) is 0 Å². The molecule has 0 saturated heterocycles. The van der Waals surface area contributed by atoms with Gasteiger partial charge in [-0.1, -0.05) is 30.8 Å². The van der Waals surface area contributed by atoms with Gasteiger partial charge < -0.3 is 4.31 Å². The highest BCUT2D eigenvalue weighted by molar-refractivity contribution is 8.01. The van der Waals surface area contributed by atoms with Crippen molar-refractivity contribution in [1.82, 2.24) is 0 Å². The normalized spacial score (nSPS) is 13.8. The number of hydrogen-bond donors (Lipinski definition) is 0. The molecule has 2 aromatic rings. The van der Waals surface area contributed by atoms with Crippen LogP contribution in [0.4, 0.5) is 5.69 Å². The van der Waals surface area contributed by atoms with Gasteiger partial charge in [-0.05, 0) is 47.5 Å². The topological polar surface area (TPSA) is 3.24 Å². The van der Waals surface area contributed by atoms with E-state index in [1.54, 1.807) is 23.7 Å². The van der Waals surface area contributed by atoms with Crippen LogP contribution in [0.1, 0.15) is 11.1 Å². The smallest absolute Gasteiger partial charge is 0.0548 e. The van der Waals surface area contributed by atoms with E-state index in [1.807, 2.05) is 0 Å². The lowest BCUT2D eigenvalue weighted by Crippen LogP contribution is -2.06. The summed E-state index contributed by atoms with van der Waals surface area (Å²) in [5.74, 6) is 0. The Balaban J connectivity index is 2.19. The largest absolute Gasteiger partial charge is 0.315 e. The Morgan fingerprint density at radius 1 is 1.11 bits per heavy atom. The van der Waals surface area contributed by atoms with Crippen molar-refractivity contribution in [2.45, 2.75) is 9.79 Å². The minimum Gasteiger partial charge on any atom is -0.315 e. The molecule has 1 heterocycles. The lowest BCUT2D eigenvalue weighted by molar-refractivity contribution is 1.29. The molecule has 0 unspecified atom stereocenters. The van der Waals surface area contributed by atoms with Crippen LogP contribution in [0, 0.1) is 0 Å². The van der Waals surface area contributed by atoms with Crippen LogP contribution < -0.4 is 4.31 Å². The number of rotatable bonds is 1. The van der Waals surface area contributed by atoms with Gasteiger partial charge in [0, 0.05) is 22.4 Å². The predicted octanol–water partition coefficient (Wildman–Crippen LogP) is 4.93. The van der Waals surface area contributed by atoms with Gasteiger partial charge in [0.15, 0.2) is 0 Å². The monoisotopic (exact) mass is 285 g/mol. The lowest BCUT2D eigenvalue weighted by atomic mass is 9.98. The van der Waals surface area contributed by atoms with Crippen molar-refractivity contribution in [3.05, 3.63) is 60.2 Å². The number of hydrogen-bond acceptors (Lipinski definition) is 3. The first-order chi connectivity index (χ1) is 9.20. The van der Waals surface area contributed by atoms with E-state index in [4.69, 9.17) is 0 Å². The van der Waals surface area contributed by atoms with Crippen LogP contribution in [0.5, 0.6) is 0 Å². The van der Waals surface area contributed by atoms with Gasteiger partial charge in [0.1, 0.15) is 0 Å². The van der Waals surface area contributed by atoms with Crippen LogP contribution in [0.25, 0.3) is 5.57 Å². The predicted molar refractivity (Wildman–Crippen MR) is 87.1 cm³/mol. The highest BCUT2D eigenvalue weighted by atomic mass is 32.2. The second kappa shape index (κ2) is 4.99. The minimum absolute atomic E-state index is 1.11. The van der Waals surface area contributed by atoms with E-state index < -0.39 is 0 Å². The molecule has 0 N–H and O–H groups in total. The molecule has 19 heavy (non-hydrogen) atoms. The number of fused-ring (bicyclic) bond motifs is 2. The first kappa shape index (κ1) is 12.7. The van der Waals surface area contributed by atoms with Gasteiger partial charge in [-0.25, -0.2) is 0 Å². The number of para-hydroxylation sites is 1. The summed E-state index contributed by atoms with van der Waals surface area (Å²) in [5.41, 5.74) is 4.78. The fraction of sp³-hybridized carbons (Fsp3) is 0.125. The van der Waals surface area contributed by atoms with Crippen LogP contribution in [0.2, 0.25) is 0 Å². The summed E-state index contributed by atoms with van der Waals surface area (Å²) in [6, 6.07) is 15.0. The summed E-state index contributed by atoms with van der Waals surface area (Å²) in [6.07, 6.45) is 2.11. The highest BCUT2D eigenvalue weighted by Gasteiger charge is 2.20. The Labute approximate surface area is 122 Å². The number of anilines is 1. The number of nitrogens with zero attached hydrogens (tertiary/aromatic N) is 1. The van der Waals surface area contributed by atoms with Crippen LogP contribution in [0.15, 0.2) is 58.8 Å². The van der Waals surface area contributed by atoms with Gasteiger partial charge in [-0.2, -0.15) is 0 Å². The third-order valence-corrected chi connectivity index (χ3v) is 5.05. The maximum atomic E-state index is 4.30. The summed E-state index contributed by atoms with van der Waals surface area (Å²) >= 11 is 3.54. The summed E-state index contributed by atoms with van der Waals surface area (Å²) in [4.78, 5) is 2.56. The number of thioether (sulfide) groups is 1. The Bertz CT molecular complexity index is 649. The fourth-order valence-electron chi connectivity index (χ4n) is 2.30. The van der Waals surface area contributed by atoms with Crippen molar-refractivity contribution in [2.75, 3.05) is 17.6 Å². The highest BCUT2D eigenvalue weighted by Crippen LogP contribution is 2.43. The Hall–Kier alpha value is -1.32. The third kappa shape index (κ3) is 2.17. The minimum atomic E-state index is 1.11. The van der Waals surface area contributed by atoms with Crippen molar-refractivity contribution in [3.63, 3.8) is 0 Å². The molecule has 3 rings (SSSR count). The molecule has 0 aromatic heterocycles. The molecule has 1 aliphatic heterocycles. The van der Waals surface area contributed by atoms with Crippen molar-refractivity contribution < 1.29 is 0 Å². The third-order valence-electron chi connectivity index (χ3n) is 3.32. The van der Waals surface area contributed by atoms with Crippen LogP contribution in [-0.4, -0.2) is 13.3 Å². The Morgan fingerprint density at radius 3 is 2.68 bits per heavy atom. The molecular formula is C16H15NS2. The van der Waals surface area contributed by atoms with Gasteiger partial charge >= 0.3 is 0 Å². The molecule has 0 atom stereocenters. The van der Waals surface area contributed by atoms with Gasteiger partial charge in [0.25, 0.3) is 0 Å². The Morgan fingerprint density at radius 2 is 1.89 bits per heavy atom. The summed E-state index contributed by atoms with van der Waals surface area (Å²) < 4.78 is 2.22. The molecule has 96 valence electrons. The average molecular weight is 285 g/mol. The first-order valence-corrected chi connectivity index (χ1v) is 8.09. The molecule has 0 fully saturated rings. The van der Waals surface area contributed by atoms with Crippen LogP contribution in [-0.2, 0) is 0 Å². The van der Waals surface area contributed by atoms with Crippen molar-refractivity contribution in [1.29, 1.82) is 0 Å². The maximum absolute atomic E-state index is 4.30. The molecule has 1 nitrogen and oxygen atoms in total. The molecule has 0 saturated carbocycles. The molecule has 0 aliphatic carbocycles. The molecule has 0 bridgehead atoms. The Kier molecular flexibility index (Phi) is 3.33. The van der Waals surface area contributed by atoms with E-state index in [1.165, 1.54) is 26.6 Å². The van der Waals surface area contributed by atoms with Crippen molar-refractivity contribution >= 4 is 35.0 Å². The summed E-state index contributed by atoms with van der Waals surface area (Å²) in [7, 11) is 2.11. The van der Waals surface area contributed by atoms with E-state index in [9.17, 15) is 0 Å². The maximum Gasteiger partial charge on any atom is 0.0548 e. The molecule has 0 spiro atoms. The van der Waals surface area contributed by atoms with E-state index in [0.29, 0.717) is 0 Å². The SMILES string of the molecule is C=C1c2ccc(SC)cc2SN(C)c2ccccc21. The zero-order chi connectivity index (χ0) is 13.4. The van der Waals surface area contributed by atoms with Crippen LogP contribution >= 0.6 is 23.7 Å². The van der Waals surface area contributed by atoms with Gasteiger partial charge in [0.2, 0.25) is 0 Å².